The molecule has 0 aliphatic heterocycles. The first-order chi connectivity index (χ1) is 12.2. The molecule has 0 fully saturated rings. The number of esters is 1. The number of rotatable bonds is 3. The van der Waals surface area contributed by atoms with Gasteiger partial charge in [0.05, 0.1) is 12.2 Å². The third-order valence-electron chi connectivity index (χ3n) is 4.63. The lowest BCUT2D eigenvalue weighted by molar-refractivity contribution is 0.0527. The van der Waals surface area contributed by atoms with Gasteiger partial charge in [0.2, 0.25) is 0 Å². The molecule has 0 bridgehead atoms. The van der Waals surface area contributed by atoms with Crippen LogP contribution in [0.4, 0.5) is 0 Å². The molecule has 0 amide bonds. The van der Waals surface area contributed by atoms with Gasteiger partial charge in [-0.3, -0.25) is 0 Å². The third kappa shape index (κ3) is 2.49. The van der Waals surface area contributed by atoms with Gasteiger partial charge in [0, 0.05) is 28.9 Å². The van der Waals surface area contributed by atoms with Crippen molar-refractivity contribution in [3.05, 3.63) is 72.3 Å². The highest BCUT2D eigenvalue weighted by Crippen LogP contribution is 2.34. The van der Waals surface area contributed by atoms with Crippen molar-refractivity contribution in [1.29, 1.82) is 0 Å². The number of para-hydroxylation sites is 1. The lowest BCUT2D eigenvalue weighted by Gasteiger charge is -2.11. The van der Waals surface area contributed by atoms with E-state index in [2.05, 4.69) is 29.8 Å². The number of fused-ring (bicyclic) bond motifs is 3. The summed E-state index contributed by atoms with van der Waals surface area (Å²) in [4.78, 5) is 12.6. The molecule has 3 nitrogen and oxygen atoms in total. The molecular weight excluding hydrogens is 310 g/mol. The fourth-order valence-electron chi connectivity index (χ4n) is 3.44. The van der Waals surface area contributed by atoms with Crippen molar-refractivity contribution in [2.75, 3.05) is 6.61 Å². The minimum absolute atomic E-state index is 0.281. The predicted octanol–water partition coefficient (Wildman–Crippen LogP) is 5.18. The van der Waals surface area contributed by atoms with Crippen LogP contribution in [0, 0.1) is 0 Å². The molecule has 0 saturated heterocycles. The smallest absolute Gasteiger partial charge is 0.338 e. The van der Waals surface area contributed by atoms with Crippen LogP contribution in [0.25, 0.3) is 32.9 Å². The topological polar surface area (TPSA) is 31.2 Å². The number of benzene rings is 3. The van der Waals surface area contributed by atoms with E-state index in [0.29, 0.717) is 12.2 Å². The second-order valence-electron chi connectivity index (χ2n) is 6.08. The van der Waals surface area contributed by atoms with E-state index < -0.39 is 0 Å². The van der Waals surface area contributed by atoms with Crippen LogP contribution in [0.15, 0.2) is 66.7 Å². The second kappa shape index (κ2) is 6.10. The number of carbonyl (C=O) groups is 1. The Morgan fingerprint density at radius 1 is 0.920 bits per heavy atom. The summed E-state index contributed by atoms with van der Waals surface area (Å²) in [6.07, 6.45) is 0. The Balaban J connectivity index is 2.08. The third-order valence-corrected chi connectivity index (χ3v) is 4.63. The van der Waals surface area contributed by atoms with Gasteiger partial charge in [-0.2, -0.15) is 0 Å². The Morgan fingerprint density at radius 3 is 2.40 bits per heavy atom. The maximum atomic E-state index is 12.6. The number of ether oxygens (including phenoxy) is 1. The fraction of sp³-hybridized carbons (Fsp3) is 0.136. The summed E-state index contributed by atoms with van der Waals surface area (Å²) in [6.45, 7) is 2.19. The Bertz CT molecular complexity index is 1080. The summed E-state index contributed by atoms with van der Waals surface area (Å²) >= 11 is 0. The lowest BCUT2D eigenvalue weighted by Crippen LogP contribution is -2.06. The number of aryl methyl sites for hydroxylation is 1. The number of hydrogen-bond donors (Lipinski definition) is 0. The molecule has 0 radical (unpaired) electrons. The van der Waals surface area contributed by atoms with E-state index in [1.807, 2.05) is 55.5 Å². The Hall–Kier alpha value is -3.07. The lowest BCUT2D eigenvalue weighted by atomic mass is 9.97. The van der Waals surface area contributed by atoms with Gasteiger partial charge in [0.25, 0.3) is 0 Å². The highest BCUT2D eigenvalue weighted by Gasteiger charge is 2.18. The van der Waals surface area contributed by atoms with Crippen LogP contribution in [0.2, 0.25) is 0 Å². The van der Waals surface area contributed by atoms with Gasteiger partial charge in [0.15, 0.2) is 0 Å². The first-order valence-corrected chi connectivity index (χ1v) is 8.44. The highest BCUT2D eigenvalue weighted by molar-refractivity contribution is 6.12. The van der Waals surface area contributed by atoms with Crippen molar-refractivity contribution in [3.63, 3.8) is 0 Å². The molecule has 0 N–H and O–H groups in total. The summed E-state index contributed by atoms with van der Waals surface area (Å²) in [7, 11) is 2.06. The van der Waals surface area contributed by atoms with Crippen LogP contribution in [-0.2, 0) is 11.8 Å². The molecule has 0 atom stereocenters. The van der Waals surface area contributed by atoms with Gasteiger partial charge >= 0.3 is 5.97 Å². The minimum atomic E-state index is -0.281. The van der Waals surface area contributed by atoms with Crippen molar-refractivity contribution in [2.45, 2.75) is 6.92 Å². The Kier molecular flexibility index (Phi) is 3.77. The average molecular weight is 329 g/mol. The normalized spacial score (nSPS) is 11.1. The monoisotopic (exact) mass is 329 g/mol. The maximum absolute atomic E-state index is 12.6. The Morgan fingerprint density at radius 2 is 1.64 bits per heavy atom. The fourth-order valence-corrected chi connectivity index (χ4v) is 3.44. The molecule has 25 heavy (non-hydrogen) atoms. The highest BCUT2D eigenvalue weighted by atomic mass is 16.5. The molecule has 0 spiro atoms. The van der Waals surface area contributed by atoms with E-state index in [0.717, 1.165) is 32.9 Å². The number of carbonyl (C=O) groups excluding carboxylic acids is 1. The average Bonchev–Trinajstić information content (AvgIpc) is 2.94. The molecular formula is C22H19NO2. The first-order valence-electron chi connectivity index (χ1n) is 8.44. The van der Waals surface area contributed by atoms with Crippen molar-refractivity contribution >= 4 is 27.8 Å². The molecule has 3 heteroatoms. The summed E-state index contributed by atoms with van der Waals surface area (Å²) in [5.74, 6) is -0.281. The van der Waals surface area contributed by atoms with Crippen molar-refractivity contribution < 1.29 is 9.53 Å². The molecule has 3 aromatic carbocycles. The first kappa shape index (κ1) is 15.5. The zero-order chi connectivity index (χ0) is 17.4. The van der Waals surface area contributed by atoms with Crippen LogP contribution >= 0.6 is 0 Å². The van der Waals surface area contributed by atoms with E-state index in [1.54, 1.807) is 0 Å². The standard InChI is InChI=1S/C22H19NO2/c1-3-25-22(24)19-13-18-16-11-7-8-12-20(16)23(2)21(18)14-17(19)15-9-5-4-6-10-15/h4-14H,3H2,1-2H3. The molecule has 0 saturated carbocycles. The minimum Gasteiger partial charge on any atom is -0.462 e. The van der Waals surface area contributed by atoms with E-state index in [1.165, 1.54) is 0 Å². The molecule has 4 aromatic rings. The van der Waals surface area contributed by atoms with E-state index in [4.69, 9.17) is 4.74 Å². The van der Waals surface area contributed by atoms with Gasteiger partial charge in [-0.1, -0.05) is 48.5 Å². The summed E-state index contributed by atoms with van der Waals surface area (Å²) in [5.41, 5.74) is 4.78. The molecule has 0 unspecified atom stereocenters. The summed E-state index contributed by atoms with van der Waals surface area (Å²) < 4.78 is 7.48. The van der Waals surface area contributed by atoms with Crippen LogP contribution < -0.4 is 0 Å². The molecule has 1 heterocycles. The largest absolute Gasteiger partial charge is 0.462 e. The predicted molar refractivity (Wildman–Crippen MR) is 102 cm³/mol. The zero-order valence-corrected chi connectivity index (χ0v) is 14.3. The summed E-state index contributed by atoms with van der Waals surface area (Å²) in [6, 6.07) is 22.3. The second-order valence-corrected chi connectivity index (χ2v) is 6.08. The SMILES string of the molecule is CCOC(=O)c1cc2c3ccccc3n(C)c2cc1-c1ccccc1. The molecule has 124 valence electrons. The number of nitrogens with zero attached hydrogens (tertiary/aromatic N) is 1. The molecule has 0 aliphatic carbocycles. The van der Waals surface area contributed by atoms with E-state index in [-0.39, 0.29) is 5.97 Å². The molecule has 0 aliphatic rings. The van der Waals surface area contributed by atoms with Gasteiger partial charge in [-0.05, 0) is 36.2 Å². The van der Waals surface area contributed by atoms with Gasteiger partial charge in [-0.25, -0.2) is 4.79 Å². The Labute approximate surface area is 146 Å². The van der Waals surface area contributed by atoms with Gasteiger partial charge < -0.3 is 9.30 Å². The zero-order valence-electron chi connectivity index (χ0n) is 14.3. The molecule has 4 rings (SSSR count). The van der Waals surface area contributed by atoms with Gasteiger partial charge in [-0.15, -0.1) is 0 Å². The maximum Gasteiger partial charge on any atom is 0.338 e. The quantitative estimate of drug-likeness (QED) is 0.485. The summed E-state index contributed by atoms with van der Waals surface area (Å²) in [5, 5.41) is 2.21. The number of aromatic nitrogens is 1. The van der Waals surface area contributed by atoms with Crippen LogP contribution in [0.1, 0.15) is 17.3 Å². The van der Waals surface area contributed by atoms with Crippen molar-refractivity contribution in [2.24, 2.45) is 7.05 Å². The van der Waals surface area contributed by atoms with Crippen molar-refractivity contribution in [3.8, 4) is 11.1 Å². The van der Waals surface area contributed by atoms with E-state index >= 15 is 0 Å². The van der Waals surface area contributed by atoms with Crippen LogP contribution in [0.5, 0.6) is 0 Å². The van der Waals surface area contributed by atoms with Gasteiger partial charge in [0.1, 0.15) is 0 Å². The molecule has 1 aromatic heterocycles. The van der Waals surface area contributed by atoms with Crippen LogP contribution in [0.3, 0.4) is 0 Å². The van der Waals surface area contributed by atoms with Crippen LogP contribution in [-0.4, -0.2) is 17.1 Å². The van der Waals surface area contributed by atoms with E-state index in [9.17, 15) is 4.79 Å². The van der Waals surface area contributed by atoms with Crippen molar-refractivity contribution in [1.82, 2.24) is 4.57 Å². The number of hydrogen-bond acceptors (Lipinski definition) is 2.